The predicted octanol–water partition coefficient (Wildman–Crippen LogP) is 2.94. The SMILES string of the molecule is COc1ccc(-n2ncc(C(=O)NCc3ccc(C)c(OC)c3)c2C(F)(F)F)nn1. The van der Waals surface area contributed by atoms with Crippen molar-refractivity contribution in [1.29, 1.82) is 0 Å². The van der Waals surface area contributed by atoms with E-state index >= 15 is 0 Å². The van der Waals surface area contributed by atoms with E-state index in [1.807, 2.05) is 6.92 Å². The zero-order valence-electron chi connectivity index (χ0n) is 16.3. The summed E-state index contributed by atoms with van der Waals surface area (Å²) in [4.78, 5) is 12.5. The summed E-state index contributed by atoms with van der Waals surface area (Å²) < 4.78 is 51.7. The van der Waals surface area contributed by atoms with E-state index in [4.69, 9.17) is 9.47 Å². The molecule has 1 amide bonds. The van der Waals surface area contributed by atoms with Gasteiger partial charge in [0.05, 0.1) is 26.0 Å². The van der Waals surface area contributed by atoms with Gasteiger partial charge in [0.25, 0.3) is 5.91 Å². The number of rotatable bonds is 6. The Morgan fingerprint density at radius 1 is 1.13 bits per heavy atom. The second kappa shape index (κ2) is 8.39. The molecular weight excluding hydrogens is 403 g/mol. The summed E-state index contributed by atoms with van der Waals surface area (Å²) in [6.45, 7) is 1.87. The van der Waals surface area contributed by atoms with Crippen LogP contribution in [0.2, 0.25) is 0 Å². The lowest BCUT2D eigenvalue weighted by Crippen LogP contribution is -2.26. The average molecular weight is 421 g/mol. The summed E-state index contributed by atoms with van der Waals surface area (Å²) in [5.41, 5.74) is -0.304. The number of nitrogens with zero attached hydrogens (tertiary/aromatic N) is 4. The Bertz CT molecular complexity index is 1050. The molecule has 0 fully saturated rings. The highest BCUT2D eigenvalue weighted by Gasteiger charge is 2.41. The number of hydrogen-bond donors (Lipinski definition) is 1. The molecule has 1 aromatic carbocycles. The molecule has 2 aromatic heterocycles. The first-order valence-electron chi connectivity index (χ1n) is 8.69. The summed E-state index contributed by atoms with van der Waals surface area (Å²) in [6.07, 6.45) is -4.00. The van der Waals surface area contributed by atoms with Crippen molar-refractivity contribution in [2.24, 2.45) is 0 Å². The fourth-order valence-corrected chi connectivity index (χ4v) is 2.75. The van der Waals surface area contributed by atoms with Crippen molar-refractivity contribution in [3.63, 3.8) is 0 Å². The molecule has 0 radical (unpaired) electrons. The lowest BCUT2D eigenvalue weighted by atomic mass is 10.1. The topological polar surface area (TPSA) is 91.2 Å². The highest BCUT2D eigenvalue weighted by Crippen LogP contribution is 2.33. The number of amides is 1. The Morgan fingerprint density at radius 2 is 1.90 bits per heavy atom. The zero-order valence-corrected chi connectivity index (χ0v) is 16.3. The highest BCUT2D eigenvalue weighted by molar-refractivity contribution is 5.95. The third kappa shape index (κ3) is 4.34. The molecule has 2 heterocycles. The number of nitrogens with one attached hydrogen (secondary N) is 1. The number of methoxy groups -OCH3 is 2. The Morgan fingerprint density at radius 3 is 2.50 bits per heavy atom. The Labute approximate surface area is 169 Å². The lowest BCUT2D eigenvalue weighted by Gasteiger charge is -2.12. The first-order valence-corrected chi connectivity index (χ1v) is 8.69. The van der Waals surface area contributed by atoms with Crippen LogP contribution in [0.4, 0.5) is 13.2 Å². The van der Waals surface area contributed by atoms with Crippen LogP contribution in [-0.2, 0) is 12.7 Å². The van der Waals surface area contributed by atoms with Crippen molar-refractivity contribution in [3.05, 3.63) is 58.9 Å². The van der Waals surface area contributed by atoms with Crippen LogP contribution >= 0.6 is 0 Å². The molecule has 3 aromatic rings. The van der Waals surface area contributed by atoms with E-state index in [2.05, 4.69) is 20.6 Å². The van der Waals surface area contributed by atoms with Crippen molar-refractivity contribution in [1.82, 2.24) is 25.3 Å². The van der Waals surface area contributed by atoms with Crippen molar-refractivity contribution < 1.29 is 27.4 Å². The number of carbonyl (C=O) groups is 1. The van der Waals surface area contributed by atoms with Gasteiger partial charge in [0.15, 0.2) is 11.5 Å². The van der Waals surface area contributed by atoms with Crippen LogP contribution in [0.3, 0.4) is 0 Å². The van der Waals surface area contributed by atoms with E-state index in [0.29, 0.717) is 16.0 Å². The summed E-state index contributed by atoms with van der Waals surface area (Å²) in [5.74, 6) is -0.380. The number of hydrogen-bond acceptors (Lipinski definition) is 6. The molecule has 8 nitrogen and oxygen atoms in total. The summed E-state index contributed by atoms with van der Waals surface area (Å²) >= 11 is 0. The smallest absolute Gasteiger partial charge is 0.434 e. The molecule has 0 bridgehead atoms. The summed E-state index contributed by atoms with van der Waals surface area (Å²) in [6, 6.07) is 7.85. The zero-order chi connectivity index (χ0) is 21.9. The molecule has 0 aliphatic carbocycles. The minimum Gasteiger partial charge on any atom is -0.496 e. The summed E-state index contributed by atoms with van der Waals surface area (Å²) in [5, 5.41) is 13.5. The lowest BCUT2D eigenvalue weighted by molar-refractivity contribution is -0.143. The van der Waals surface area contributed by atoms with E-state index in [-0.39, 0.29) is 18.2 Å². The number of ether oxygens (including phenoxy) is 2. The van der Waals surface area contributed by atoms with Gasteiger partial charge >= 0.3 is 6.18 Å². The minimum atomic E-state index is -4.85. The number of alkyl halides is 3. The van der Waals surface area contributed by atoms with Gasteiger partial charge in [-0.2, -0.15) is 18.3 Å². The van der Waals surface area contributed by atoms with E-state index < -0.39 is 23.3 Å². The van der Waals surface area contributed by atoms with Gasteiger partial charge in [0.1, 0.15) is 5.75 Å². The molecule has 0 saturated heterocycles. The Hall–Kier alpha value is -3.63. The molecular formula is C19H18F3N5O3. The molecule has 3 rings (SSSR count). The third-order valence-corrected chi connectivity index (χ3v) is 4.26. The highest BCUT2D eigenvalue weighted by atomic mass is 19.4. The average Bonchev–Trinajstić information content (AvgIpc) is 3.19. The van der Waals surface area contributed by atoms with E-state index in [0.717, 1.165) is 11.8 Å². The van der Waals surface area contributed by atoms with Crippen LogP contribution in [-0.4, -0.2) is 40.1 Å². The van der Waals surface area contributed by atoms with Crippen molar-refractivity contribution in [2.75, 3.05) is 14.2 Å². The van der Waals surface area contributed by atoms with Crippen LogP contribution < -0.4 is 14.8 Å². The molecule has 11 heteroatoms. The number of aryl methyl sites for hydroxylation is 1. The van der Waals surface area contributed by atoms with Gasteiger partial charge in [-0.1, -0.05) is 12.1 Å². The van der Waals surface area contributed by atoms with Crippen LogP contribution in [0.15, 0.2) is 36.5 Å². The third-order valence-electron chi connectivity index (χ3n) is 4.26. The van der Waals surface area contributed by atoms with Crippen LogP contribution in [0.1, 0.15) is 27.2 Å². The van der Waals surface area contributed by atoms with E-state index in [1.54, 1.807) is 18.2 Å². The molecule has 0 spiro atoms. The number of carbonyl (C=O) groups excluding carboxylic acids is 1. The van der Waals surface area contributed by atoms with Crippen molar-refractivity contribution in [2.45, 2.75) is 19.6 Å². The first-order chi connectivity index (χ1) is 14.2. The van der Waals surface area contributed by atoms with Gasteiger partial charge in [-0.25, -0.2) is 4.68 Å². The fraction of sp³-hybridized carbons (Fsp3) is 0.263. The number of aromatic nitrogens is 4. The molecule has 1 N–H and O–H groups in total. The largest absolute Gasteiger partial charge is 0.496 e. The molecule has 0 aliphatic rings. The van der Waals surface area contributed by atoms with Crippen LogP contribution in [0.5, 0.6) is 11.6 Å². The van der Waals surface area contributed by atoms with Gasteiger partial charge in [-0.3, -0.25) is 4.79 Å². The maximum atomic E-state index is 13.7. The predicted molar refractivity (Wildman–Crippen MR) is 99.6 cm³/mol. The maximum Gasteiger partial charge on any atom is 0.434 e. The van der Waals surface area contributed by atoms with Gasteiger partial charge in [-0.15, -0.1) is 10.2 Å². The maximum absolute atomic E-state index is 13.7. The first kappa shape index (κ1) is 21.1. The van der Waals surface area contributed by atoms with E-state index in [9.17, 15) is 18.0 Å². The number of benzene rings is 1. The Kier molecular flexibility index (Phi) is 5.90. The molecule has 0 saturated carbocycles. The number of halogens is 3. The van der Waals surface area contributed by atoms with Crippen LogP contribution in [0, 0.1) is 6.92 Å². The van der Waals surface area contributed by atoms with Crippen LogP contribution in [0.25, 0.3) is 5.82 Å². The second-order valence-electron chi connectivity index (χ2n) is 6.24. The standard InChI is InChI=1S/C19H18F3N5O3/c1-11-4-5-12(8-14(11)29-2)9-23-18(28)13-10-24-27(17(13)19(20,21)22)15-6-7-16(30-3)26-25-15/h4-8,10H,9H2,1-3H3,(H,23,28). The van der Waals surface area contributed by atoms with Gasteiger partial charge in [-0.05, 0) is 30.2 Å². The second-order valence-corrected chi connectivity index (χ2v) is 6.24. The molecule has 0 aliphatic heterocycles. The Balaban J connectivity index is 1.87. The van der Waals surface area contributed by atoms with Gasteiger partial charge < -0.3 is 14.8 Å². The molecule has 0 unspecified atom stereocenters. The van der Waals surface area contributed by atoms with Gasteiger partial charge in [0, 0.05) is 12.6 Å². The van der Waals surface area contributed by atoms with Gasteiger partial charge in [0.2, 0.25) is 5.88 Å². The molecule has 158 valence electrons. The quantitative estimate of drug-likeness (QED) is 0.658. The van der Waals surface area contributed by atoms with Crippen molar-refractivity contribution in [3.8, 4) is 17.4 Å². The summed E-state index contributed by atoms with van der Waals surface area (Å²) in [7, 11) is 2.86. The minimum absolute atomic E-state index is 0.0142. The molecule has 30 heavy (non-hydrogen) atoms. The fourth-order valence-electron chi connectivity index (χ4n) is 2.75. The van der Waals surface area contributed by atoms with E-state index in [1.165, 1.54) is 26.4 Å². The monoisotopic (exact) mass is 421 g/mol. The normalized spacial score (nSPS) is 11.3. The van der Waals surface area contributed by atoms with Crippen molar-refractivity contribution >= 4 is 5.91 Å². The molecule has 0 atom stereocenters.